The Kier molecular flexibility index (Phi) is 6.12. The largest absolute Gasteiger partial charge is 0.452 e. The molecule has 3 rings (SSSR count). The summed E-state index contributed by atoms with van der Waals surface area (Å²) in [5, 5.41) is 15.4. The number of amides is 1. The fourth-order valence-electron chi connectivity index (χ4n) is 2.20. The van der Waals surface area contributed by atoms with Crippen LogP contribution in [0.4, 0.5) is 10.8 Å². The summed E-state index contributed by atoms with van der Waals surface area (Å²) in [5.41, 5.74) is 1.59. The summed E-state index contributed by atoms with van der Waals surface area (Å²) in [7, 11) is 0. The van der Waals surface area contributed by atoms with Crippen LogP contribution < -0.4 is 5.32 Å². The van der Waals surface area contributed by atoms with Crippen LogP contribution >= 0.6 is 27.3 Å². The number of anilines is 1. The first-order chi connectivity index (χ1) is 13.4. The molecular formula is C18H12BrN3O5S. The van der Waals surface area contributed by atoms with E-state index in [1.165, 1.54) is 35.6 Å². The zero-order valence-corrected chi connectivity index (χ0v) is 16.5. The van der Waals surface area contributed by atoms with Crippen LogP contribution in [0.15, 0.2) is 58.4 Å². The van der Waals surface area contributed by atoms with Crippen molar-refractivity contribution in [3.63, 3.8) is 0 Å². The summed E-state index contributed by atoms with van der Waals surface area (Å²) in [5.74, 6) is -1.29. The number of aromatic nitrogens is 1. The smallest absolute Gasteiger partial charge is 0.338 e. The van der Waals surface area contributed by atoms with Crippen LogP contribution in [-0.4, -0.2) is 28.4 Å². The van der Waals surface area contributed by atoms with Gasteiger partial charge in [-0.1, -0.05) is 28.1 Å². The number of benzene rings is 2. The highest BCUT2D eigenvalue weighted by atomic mass is 79.9. The average Bonchev–Trinajstić information content (AvgIpc) is 3.14. The predicted molar refractivity (Wildman–Crippen MR) is 107 cm³/mol. The van der Waals surface area contributed by atoms with Crippen molar-refractivity contribution >= 4 is 50.0 Å². The molecule has 0 spiro atoms. The number of esters is 1. The number of thiazole rings is 1. The van der Waals surface area contributed by atoms with Crippen LogP contribution in [-0.2, 0) is 9.53 Å². The van der Waals surface area contributed by atoms with Gasteiger partial charge in [-0.15, -0.1) is 11.3 Å². The Morgan fingerprint density at radius 2 is 1.96 bits per heavy atom. The van der Waals surface area contributed by atoms with Crippen LogP contribution in [0.5, 0.6) is 0 Å². The third-order valence-corrected chi connectivity index (χ3v) is 4.77. The summed E-state index contributed by atoms with van der Waals surface area (Å²) in [6, 6.07) is 12.5. The van der Waals surface area contributed by atoms with E-state index in [4.69, 9.17) is 4.74 Å². The van der Waals surface area contributed by atoms with E-state index in [0.29, 0.717) is 10.8 Å². The lowest BCUT2D eigenvalue weighted by molar-refractivity contribution is -0.384. The van der Waals surface area contributed by atoms with Crippen LogP contribution in [0.3, 0.4) is 0 Å². The van der Waals surface area contributed by atoms with Crippen LogP contribution in [0.1, 0.15) is 10.4 Å². The van der Waals surface area contributed by atoms with Gasteiger partial charge < -0.3 is 4.74 Å². The van der Waals surface area contributed by atoms with Gasteiger partial charge in [0.15, 0.2) is 11.7 Å². The van der Waals surface area contributed by atoms with E-state index >= 15 is 0 Å². The maximum atomic E-state index is 12.0. The van der Waals surface area contributed by atoms with Gasteiger partial charge in [0, 0.05) is 27.5 Å². The Morgan fingerprint density at radius 3 is 2.64 bits per heavy atom. The van der Waals surface area contributed by atoms with Gasteiger partial charge in [0.05, 0.1) is 16.2 Å². The number of nitrogens with one attached hydrogen (secondary N) is 1. The molecule has 0 bridgehead atoms. The SMILES string of the molecule is O=C(COC(=O)c1ccc([N+](=O)[O-])cc1)Nc1nc(-c2cccc(Br)c2)cs1. The summed E-state index contributed by atoms with van der Waals surface area (Å²) in [6.45, 7) is -0.498. The molecule has 0 fully saturated rings. The lowest BCUT2D eigenvalue weighted by atomic mass is 10.2. The number of ether oxygens (including phenoxy) is 1. The van der Waals surface area contributed by atoms with Gasteiger partial charge in [-0.05, 0) is 24.3 Å². The molecule has 0 unspecified atom stereocenters. The summed E-state index contributed by atoms with van der Waals surface area (Å²) >= 11 is 4.65. The Morgan fingerprint density at radius 1 is 1.21 bits per heavy atom. The molecule has 8 nitrogen and oxygen atoms in total. The number of rotatable bonds is 6. The van der Waals surface area contributed by atoms with E-state index < -0.39 is 23.4 Å². The Labute approximate surface area is 171 Å². The van der Waals surface area contributed by atoms with Crippen molar-refractivity contribution in [3.05, 3.63) is 74.1 Å². The Hall–Kier alpha value is -3.11. The minimum atomic E-state index is -0.751. The molecule has 0 atom stereocenters. The van der Waals surface area contributed by atoms with E-state index in [1.54, 1.807) is 5.38 Å². The van der Waals surface area contributed by atoms with Gasteiger partial charge in [-0.2, -0.15) is 0 Å². The van der Waals surface area contributed by atoms with Gasteiger partial charge >= 0.3 is 5.97 Å². The van der Waals surface area contributed by atoms with Gasteiger partial charge in [-0.3, -0.25) is 20.2 Å². The second kappa shape index (κ2) is 8.72. The number of nitro benzene ring substituents is 1. The minimum absolute atomic E-state index is 0.115. The fourth-order valence-corrected chi connectivity index (χ4v) is 3.34. The van der Waals surface area contributed by atoms with Gasteiger partial charge in [0.1, 0.15) is 0 Å². The molecule has 0 aliphatic rings. The first kappa shape index (κ1) is 19.6. The maximum absolute atomic E-state index is 12.0. The summed E-state index contributed by atoms with van der Waals surface area (Å²) in [4.78, 5) is 38.3. The molecule has 3 aromatic rings. The van der Waals surface area contributed by atoms with Crippen molar-refractivity contribution in [1.82, 2.24) is 4.98 Å². The maximum Gasteiger partial charge on any atom is 0.338 e. The third-order valence-electron chi connectivity index (χ3n) is 3.52. The molecule has 1 N–H and O–H groups in total. The van der Waals surface area contributed by atoms with Crippen molar-refractivity contribution in [2.24, 2.45) is 0 Å². The molecule has 142 valence electrons. The number of nitro groups is 1. The normalized spacial score (nSPS) is 10.3. The molecular weight excluding hydrogens is 450 g/mol. The number of carbonyl (C=O) groups excluding carboxylic acids is 2. The van der Waals surface area contributed by atoms with Crippen LogP contribution in [0.2, 0.25) is 0 Å². The molecule has 0 radical (unpaired) electrons. The first-order valence-electron chi connectivity index (χ1n) is 7.85. The number of non-ortho nitro benzene ring substituents is 1. The number of halogens is 1. The standard InChI is InChI=1S/C18H12BrN3O5S/c19-13-3-1-2-12(8-13)15-10-28-18(20-15)21-16(23)9-27-17(24)11-4-6-14(7-5-11)22(25)26/h1-8,10H,9H2,(H,20,21,23). The molecule has 0 saturated heterocycles. The number of nitrogens with zero attached hydrogens (tertiary/aromatic N) is 2. The molecule has 0 saturated carbocycles. The molecule has 1 heterocycles. The van der Waals surface area contributed by atoms with Gasteiger partial charge in [-0.25, -0.2) is 9.78 Å². The lowest BCUT2D eigenvalue weighted by Crippen LogP contribution is -2.20. The molecule has 28 heavy (non-hydrogen) atoms. The fraction of sp³-hybridized carbons (Fsp3) is 0.0556. The number of carbonyl (C=O) groups is 2. The van der Waals surface area contributed by atoms with Gasteiger partial charge in [0.2, 0.25) is 0 Å². The lowest BCUT2D eigenvalue weighted by Gasteiger charge is -2.04. The minimum Gasteiger partial charge on any atom is -0.452 e. The Bertz CT molecular complexity index is 1040. The summed E-state index contributed by atoms with van der Waals surface area (Å²) < 4.78 is 5.84. The monoisotopic (exact) mass is 461 g/mol. The van der Waals surface area contributed by atoms with Crippen molar-refractivity contribution < 1.29 is 19.2 Å². The molecule has 0 aliphatic heterocycles. The topological polar surface area (TPSA) is 111 Å². The number of hydrogen-bond acceptors (Lipinski definition) is 7. The quantitative estimate of drug-likeness (QED) is 0.333. The van der Waals surface area contributed by atoms with E-state index in [1.807, 2.05) is 24.3 Å². The zero-order chi connectivity index (χ0) is 20.1. The zero-order valence-electron chi connectivity index (χ0n) is 14.1. The van der Waals surface area contributed by atoms with Crippen LogP contribution in [0, 0.1) is 10.1 Å². The predicted octanol–water partition coefficient (Wildman–Crippen LogP) is 4.28. The highest BCUT2D eigenvalue weighted by Gasteiger charge is 2.14. The number of hydrogen-bond donors (Lipinski definition) is 1. The highest BCUT2D eigenvalue weighted by molar-refractivity contribution is 9.10. The van der Waals surface area contributed by atoms with Crippen molar-refractivity contribution in [3.8, 4) is 11.3 Å². The Balaban J connectivity index is 1.54. The molecule has 1 aromatic heterocycles. The molecule has 10 heteroatoms. The van der Waals surface area contributed by atoms with Crippen molar-refractivity contribution in [2.75, 3.05) is 11.9 Å². The van der Waals surface area contributed by atoms with Crippen molar-refractivity contribution in [1.29, 1.82) is 0 Å². The van der Waals surface area contributed by atoms with E-state index in [0.717, 1.165) is 10.0 Å². The molecule has 0 aliphatic carbocycles. The average molecular weight is 462 g/mol. The van der Waals surface area contributed by atoms with E-state index in [2.05, 4.69) is 26.2 Å². The third kappa shape index (κ3) is 4.99. The van der Waals surface area contributed by atoms with Crippen molar-refractivity contribution in [2.45, 2.75) is 0 Å². The molecule has 2 aromatic carbocycles. The van der Waals surface area contributed by atoms with E-state index in [9.17, 15) is 19.7 Å². The van der Waals surface area contributed by atoms with E-state index in [-0.39, 0.29) is 11.3 Å². The van der Waals surface area contributed by atoms with Gasteiger partial charge in [0.25, 0.3) is 11.6 Å². The van der Waals surface area contributed by atoms with Crippen LogP contribution in [0.25, 0.3) is 11.3 Å². The second-order valence-electron chi connectivity index (χ2n) is 5.48. The molecule has 1 amide bonds. The first-order valence-corrected chi connectivity index (χ1v) is 9.52. The summed E-state index contributed by atoms with van der Waals surface area (Å²) in [6.07, 6.45) is 0. The second-order valence-corrected chi connectivity index (χ2v) is 7.25. The highest BCUT2D eigenvalue weighted by Crippen LogP contribution is 2.26.